The molecule has 9 aliphatic carbocycles. The van der Waals surface area contributed by atoms with Gasteiger partial charge >= 0.3 is 0 Å². The minimum atomic E-state index is -1.10. The zero-order chi connectivity index (χ0) is 106. The Kier molecular flexibility index (Phi) is 31.6. The van der Waals surface area contributed by atoms with Crippen molar-refractivity contribution in [1.29, 1.82) is 15.8 Å². The Labute approximate surface area is 864 Å². The number of nitriles is 3. The summed E-state index contributed by atoms with van der Waals surface area (Å²) in [5.41, 5.74) is 3.94. The van der Waals surface area contributed by atoms with Crippen LogP contribution < -0.4 is 31.9 Å². The van der Waals surface area contributed by atoms with E-state index in [9.17, 15) is 75.2 Å². The van der Waals surface area contributed by atoms with Gasteiger partial charge in [0.25, 0.3) is 0 Å². The maximum Gasteiger partial charge on any atom is 0.229 e. The van der Waals surface area contributed by atoms with Crippen LogP contribution >= 0.6 is 34.8 Å². The molecule has 9 aliphatic rings. The third kappa shape index (κ3) is 25.4. The van der Waals surface area contributed by atoms with Crippen LogP contribution in [0.5, 0.6) is 0 Å². The first-order chi connectivity index (χ1) is 69.4. The van der Waals surface area contributed by atoms with Crippen molar-refractivity contribution >= 4 is 172 Å². The molecule has 33 nitrogen and oxygen atoms in total. The molecule has 0 aliphatic heterocycles. The Morgan fingerprint density at radius 3 is 0.585 bits per heavy atom. The number of hydrogen-bond acceptors (Lipinski definition) is 21. The normalized spacial score (nSPS) is 16.8. The molecule has 0 radical (unpaired) electrons. The Morgan fingerprint density at radius 2 is 0.442 bits per heavy atom. The van der Waals surface area contributed by atoms with Crippen molar-refractivity contribution in [1.82, 2.24) is 57.3 Å². The summed E-state index contributed by atoms with van der Waals surface area (Å²) in [5, 5.41) is 105. The quantitative estimate of drug-likeness (QED) is 0.0227. The number of carbonyl (C=O) groups is 6. The molecular weight excluding hydrogens is 1950 g/mol. The van der Waals surface area contributed by atoms with Crippen molar-refractivity contribution in [3.63, 3.8) is 0 Å². The summed E-state index contributed by atoms with van der Waals surface area (Å²) >= 11 is 18.5. The lowest BCUT2D eigenvalue weighted by Crippen LogP contribution is -2.29. The molecule has 0 unspecified atom stereocenters. The molecule has 39 heteroatoms. The van der Waals surface area contributed by atoms with Crippen LogP contribution in [0.15, 0.2) is 72.8 Å². The third-order valence-electron chi connectivity index (χ3n) is 28.0. The number of nitrogens with zero attached hydrogens (tertiary/aromatic N) is 15. The first-order valence-electron chi connectivity index (χ1n) is 51.0. The predicted octanol–water partition coefficient (Wildman–Crippen LogP) is 21.8. The maximum absolute atomic E-state index is 15.1. The van der Waals surface area contributed by atoms with E-state index >= 15 is 13.2 Å². The van der Waals surface area contributed by atoms with E-state index in [1.165, 1.54) is 0 Å². The molecule has 0 saturated heterocycles. The fourth-order valence-electron chi connectivity index (χ4n) is 19.3. The number of fused-ring (bicyclic) bond motifs is 6. The van der Waals surface area contributed by atoms with Crippen LogP contribution in [0.2, 0.25) is 15.1 Å². The third-order valence-corrected chi connectivity index (χ3v) is 28.9. The van der Waals surface area contributed by atoms with E-state index in [2.05, 4.69) is 80.0 Å². The number of imidazole rings is 6. The van der Waals surface area contributed by atoms with Crippen LogP contribution in [0.1, 0.15) is 363 Å². The highest BCUT2D eigenvalue weighted by atomic mass is 35.5. The number of aliphatic hydroxyl groups is 6. The second-order valence-corrected chi connectivity index (χ2v) is 45.8. The molecule has 9 saturated carbocycles. The summed E-state index contributed by atoms with van der Waals surface area (Å²) in [6.07, 6.45) is 24.2. The van der Waals surface area contributed by atoms with Gasteiger partial charge in [-0.05, 0) is 326 Å². The summed E-state index contributed by atoms with van der Waals surface area (Å²) in [4.78, 5) is 100. The summed E-state index contributed by atoms with van der Waals surface area (Å²) in [5.74, 6) is 0.882. The number of halogens is 6. The van der Waals surface area contributed by atoms with Crippen LogP contribution in [0.25, 0.3) is 66.2 Å². The van der Waals surface area contributed by atoms with Crippen LogP contribution in [-0.4, -0.2) is 157 Å². The Morgan fingerprint density at radius 1 is 0.286 bits per heavy atom. The zero-order valence-corrected chi connectivity index (χ0v) is 87.2. The molecule has 6 heterocycles. The van der Waals surface area contributed by atoms with Gasteiger partial charge in [-0.3, -0.25) is 60.7 Å². The number of rotatable bonds is 27. The highest BCUT2D eigenvalue weighted by Gasteiger charge is 2.40. The molecular formula is C108H129Cl3F3N21O12. The van der Waals surface area contributed by atoms with Crippen molar-refractivity contribution < 1.29 is 72.6 Å². The van der Waals surface area contributed by atoms with Gasteiger partial charge in [-0.2, -0.15) is 15.8 Å². The summed E-state index contributed by atoms with van der Waals surface area (Å²) in [7, 11) is 0. The van der Waals surface area contributed by atoms with Gasteiger partial charge in [0.1, 0.15) is 34.8 Å². The number of carbonyl (C=O) groups excluding carboxylic acids is 6. The van der Waals surface area contributed by atoms with E-state index in [0.29, 0.717) is 151 Å². The van der Waals surface area contributed by atoms with E-state index in [1.807, 2.05) is 63.8 Å². The van der Waals surface area contributed by atoms with Crippen LogP contribution in [-0.2, 0) is 28.8 Å². The fourth-order valence-corrected chi connectivity index (χ4v) is 19.9. The van der Waals surface area contributed by atoms with Crippen LogP contribution in [0, 0.1) is 51.4 Å². The Bertz CT molecular complexity index is 6530. The van der Waals surface area contributed by atoms with Crippen molar-refractivity contribution in [2.24, 2.45) is 0 Å². The number of amides is 6. The lowest BCUT2D eigenvalue weighted by Gasteiger charge is -2.29. The molecule has 12 N–H and O–H groups in total. The van der Waals surface area contributed by atoms with E-state index in [4.69, 9.17) is 34.8 Å². The second-order valence-electron chi connectivity index (χ2n) is 44.6. The molecule has 9 fully saturated rings. The predicted molar refractivity (Wildman–Crippen MR) is 558 cm³/mol. The van der Waals surface area contributed by atoms with E-state index in [-0.39, 0.29) is 128 Å². The largest absolute Gasteiger partial charge is 0.390 e. The number of nitrogens with one attached hydrogen (secondary N) is 6. The van der Waals surface area contributed by atoms with Crippen molar-refractivity contribution in [2.75, 3.05) is 31.9 Å². The molecule has 12 aromatic rings. The monoisotopic (exact) mass is 2070 g/mol. The van der Waals surface area contributed by atoms with Crippen LogP contribution in [0.4, 0.5) is 48.9 Å². The van der Waals surface area contributed by atoms with Gasteiger partial charge in [-0.15, -0.1) is 0 Å². The van der Waals surface area contributed by atoms with Gasteiger partial charge in [0, 0.05) is 36.3 Å². The highest BCUT2D eigenvalue weighted by molar-refractivity contribution is 6.33. The molecule has 780 valence electrons. The molecule has 6 aromatic carbocycles. The first kappa shape index (κ1) is 108. The standard InChI is InChI=1S/3C19H24FN3O2.3C17H19ClN4O2/c3*1-19(2,25)10-15(24)22-18-21-14-9-8-13(11-6-7-11)16(20)17(14)23(18)12-4-3-5-12;3*1-17(2,24)8-14(23)21-16-20-13-7-6-12(18)11(9-19)15(13)22(16)10-4-3-5-10/h3*8-9,11-12,25H,3-7,10H2,1-2H3,(H,21,22,24);3*6-7,10,24H,3-5,8H2,1-2H3,(H,20,21,23). The van der Waals surface area contributed by atoms with Crippen molar-refractivity contribution in [3.8, 4) is 18.2 Å². The second kappa shape index (κ2) is 43.2. The van der Waals surface area contributed by atoms with Gasteiger partial charge in [0.05, 0.1) is 154 Å². The Hall–Kier alpha value is -12.2. The molecule has 6 amide bonds. The molecule has 0 spiro atoms. The van der Waals surface area contributed by atoms with Gasteiger partial charge < -0.3 is 58.0 Å². The summed E-state index contributed by atoms with van der Waals surface area (Å²) in [6.45, 7) is 19.0. The SMILES string of the molecule is CC(C)(O)CC(=O)Nc1nc2ccc(C3CC3)c(F)c2n1C1CCC1.CC(C)(O)CC(=O)Nc1nc2ccc(C3CC3)c(F)c2n1C1CCC1.CC(C)(O)CC(=O)Nc1nc2ccc(C3CC3)c(F)c2n1C1CCC1.CC(C)(O)CC(=O)Nc1nc2ccc(Cl)c(C#N)c2n1C1CCC1.CC(C)(O)CC(=O)Nc1nc2ccc(Cl)c(C#N)c2n1C1CCC1.CC(C)(O)CC(=O)Nc1nc2ccc(Cl)c(C#N)c2n1C1CCC1. The molecule has 0 bridgehead atoms. The molecule has 21 rings (SSSR count). The van der Waals surface area contributed by atoms with E-state index in [0.717, 1.165) is 171 Å². The average Bonchev–Trinajstić information content (AvgIpc) is 1.55. The number of hydrogen-bond donors (Lipinski definition) is 12. The first-order valence-corrected chi connectivity index (χ1v) is 52.1. The maximum atomic E-state index is 15.1. The van der Waals surface area contributed by atoms with Crippen molar-refractivity contribution in [2.45, 2.75) is 363 Å². The lowest BCUT2D eigenvalue weighted by atomic mass is 9.92. The van der Waals surface area contributed by atoms with E-state index in [1.54, 1.807) is 119 Å². The van der Waals surface area contributed by atoms with E-state index < -0.39 is 33.6 Å². The minimum Gasteiger partial charge on any atom is -0.390 e. The molecule has 6 aromatic heterocycles. The number of aromatic nitrogens is 12. The smallest absolute Gasteiger partial charge is 0.229 e. The zero-order valence-electron chi connectivity index (χ0n) is 84.9. The number of anilines is 6. The summed E-state index contributed by atoms with van der Waals surface area (Å²) in [6, 6.07) is 28.7. The summed E-state index contributed by atoms with van der Waals surface area (Å²) < 4.78 is 56.8. The van der Waals surface area contributed by atoms with Crippen LogP contribution in [0.3, 0.4) is 0 Å². The molecule has 0 atom stereocenters. The topological polar surface area (TPSA) is 474 Å². The Balaban J connectivity index is 0.000000126. The van der Waals surface area contributed by atoms with Gasteiger partial charge in [0.2, 0.25) is 71.1 Å². The van der Waals surface area contributed by atoms with Gasteiger partial charge in [-0.25, -0.2) is 43.1 Å². The highest BCUT2D eigenvalue weighted by Crippen LogP contribution is 2.51. The molecule has 147 heavy (non-hydrogen) atoms. The fraction of sp³-hybridized carbons (Fsp3) is 0.528. The average molecular weight is 2080 g/mol. The van der Waals surface area contributed by atoms with Gasteiger partial charge in [-0.1, -0.05) is 53.0 Å². The van der Waals surface area contributed by atoms with Gasteiger partial charge in [0.15, 0.2) is 17.5 Å². The van der Waals surface area contributed by atoms with Crippen molar-refractivity contribution in [3.05, 3.63) is 139 Å². The lowest BCUT2D eigenvalue weighted by molar-refractivity contribution is -0.121. The number of benzene rings is 6. The minimum absolute atomic E-state index is 0.0311.